The van der Waals surface area contributed by atoms with Gasteiger partial charge in [-0.25, -0.2) is 8.42 Å². The molecule has 1 rings (SSSR count). The molecule has 2 N–H and O–H groups in total. The number of rotatable bonds is 6. The lowest BCUT2D eigenvalue weighted by molar-refractivity contribution is 0.305. The van der Waals surface area contributed by atoms with Crippen LogP contribution in [-0.2, 0) is 10.0 Å². The van der Waals surface area contributed by atoms with Gasteiger partial charge in [-0.1, -0.05) is 25.7 Å². The van der Waals surface area contributed by atoms with Crippen LogP contribution in [-0.4, -0.2) is 33.0 Å². The van der Waals surface area contributed by atoms with E-state index in [1.54, 1.807) is 18.2 Å². The number of hydrogen-bond acceptors (Lipinski definition) is 4. The van der Waals surface area contributed by atoms with Crippen LogP contribution < -0.4 is 9.46 Å². The highest BCUT2D eigenvalue weighted by Crippen LogP contribution is 2.26. The topological polar surface area (TPSA) is 75.6 Å². The van der Waals surface area contributed by atoms with E-state index in [1.165, 1.54) is 7.11 Å². The Labute approximate surface area is 126 Å². The first kappa shape index (κ1) is 17.3. The molecule has 6 heteroatoms. The highest BCUT2D eigenvalue weighted by atomic mass is 32.2. The molecule has 0 aliphatic carbocycles. The molecule has 0 aliphatic rings. The van der Waals surface area contributed by atoms with Crippen LogP contribution in [0.4, 0.5) is 5.69 Å². The van der Waals surface area contributed by atoms with Gasteiger partial charge in [0.15, 0.2) is 0 Å². The van der Waals surface area contributed by atoms with Crippen LogP contribution in [0.3, 0.4) is 0 Å². The molecule has 0 bridgehead atoms. The average molecular weight is 311 g/mol. The zero-order chi connectivity index (χ0) is 15.9. The first-order chi connectivity index (χ1) is 9.88. The van der Waals surface area contributed by atoms with Crippen LogP contribution in [0.5, 0.6) is 5.75 Å². The number of aliphatic hydroxyl groups is 1. The fraction of sp³-hybridized carbons (Fsp3) is 0.467. The summed E-state index contributed by atoms with van der Waals surface area (Å²) in [4.78, 5) is 0. The molecule has 1 aromatic rings. The van der Waals surface area contributed by atoms with Crippen molar-refractivity contribution in [1.82, 2.24) is 0 Å². The lowest BCUT2D eigenvalue weighted by atomic mass is 10.2. The zero-order valence-corrected chi connectivity index (χ0v) is 13.3. The normalized spacial score (nSPS) is 10.9. The number of ether oxygens (including phenoxy) is 1. The highest BCUT2D eigenvalue weighted by Gasteiger charge is 2.15. The summed E-state index contributed by atoms with van der Waals surface area (Å²) < 4.78 is 31.7. The lowest BCUT2D eigenvalue weighted by Crippen LogP contribution is -2.20. The summed E-state index contributed by atoms with van der Waals surface area (Å²) in [5.41, 5.74) is 1.03. The van der Waals surface area contributed by atoms with Crippen molar-refractivity contribution in [3.8, 4) is 17.6 Å². The van der Waals surface area contributed by atoms with E-state index in [4.69, 9.17) is 9.84 Å². The van der Waals surface area contributed by atoms with E-state index in [9.17, 15) is 8.42 Å². The van der Waals surface area contributed by atoms with Gasteiger partial charge in [-0.3, -0.25) is 4.72 Å². The van der Waals surface area contributed by atoms with Gasteiger partial charge in [0.1, 0.15) is 5.75 Å². The van der Waals surface area contributed by atoms with E-state index in [2.05, 4.69) is 16.6 Å². The second kappa shape index (κ2) is 7.91. The molecule has 0 aromatic heterocycles. The molecule has 0 saturated heterocycles. The van der Waals surface area contributed by atoms with Gasteiger partial charge in [0.2, 0.25) is 10.0 Å². The van der Waals surface area contributed by atoms with E-state index in [0.29, 0.717) is 23.4 Å². The maximum Gasteiger partial charge on any atom is 0.233 e. The summed E-state index contributed by atoms with van der Waals surface area (Å²) in [5, 5.41) is 8.70. The quantitative estimate of drug-likeness (QED) is 0.786. The molecule has 116 valence electrons. The van der Waals surface area contributed by atoms with Crippen molar-refractivity contribution in [1.29, 1.82) is 0 Å². The molecular formula is C15H21NO4S. The maximum absolute atomic E-state index is 12.0. The van der Waals surface area contributed by atoms with Crippen molar-refractivity contribution < 1.29 is 18.3 Å². The summed E-state index contributed by atoms with van der Waals surface area (Å²) in [6.45, 7) is 3.68. The molecule has 0 saturated carbocycles. The van der Waals surface area contributed by atoms with Crippen LogP contribution in [0.15, 0.2) is 18.2 Å². The fourth-order valence-corrected chi connectivity index (χ4v) is 3.19. The lowest BCUT2D eigenvalue weighted by Gasteiger charge is -2.13. The minimum Gasteiger partial charge on any atom is -0.495 e. The first-order valence-electron chi connectivity index (χ1n) is 6.66. The third kappa shape index (κ3) is 6.06. The second-order valence-corrected chi connectivity index (χ2v) is 6.73. The predicted molar refractivity (Wildman–Crippen MR) is 83.8 cm³/mol. The van der Waals surface area contributed by atoms with E-state index >= 15 is 0 Å². The SMILES string of the molecule is COc1ccc(C#CCCO)cc1NS(=O)(=O)CC(C)C. The van der Waals surface area contributed by atoms with Crippen molar-refractivity contribution in [3.63, 3.8) is 0 Å². The summed E-state index contributed by atoms with van der Waals surface area (Å²) in [6.07, 6.45) is 0.375. The Morgan fingerprint density at radius 2 is 2.10 bits per heavy atom. The van der Waals surface area contributed by atoms with Gasteiger partial charge >= 0.3 is 0 Å². The third-order valence-electron chi connectivity index (χ3n) is 2.49. The van der Waals surface area contributed by atoms with Crippen molar-refractivity contribution in [2.45, 2.75) is 20.3 Å². The summed E-state index contributed by atoms with van der Waals surface area (Å²) in [7, 11) is -1.95. The zero-order valence-electron chi connectivity index (χ0n) is 12.5. The number of benzene rings is 1. The van der Waals surface area contributed by atoms with Crippen LogP contribution in [0.2, 0.25) is 0 Å². The Balaban J connectivity index is 3.04. The predicted octanol–water partition coefficient (Wildman–Crippen LogP) is 1.83. The van der Waals surface area contributed by atoms with Gasteiger partial charge in [0.05, 0.1) is 25.2 Å². The number of anilines is 1. The van der Waals surface area contributed by atoms with E-state index in [1.807, 2.05) is 13.8 Å². The second-order valence-electron chi connectivity index (χ2n) is 4.97. The summed E-state index contributed by atoms with van der Waals surface area (Å²) in [5.74, 6) is 6.16. The maximum atomic E-state index is 12.0. The molecule has 0 amide bonds. The third-order valence-corrected chi connectivity index (χ3v) is 4.12. The first-order valence-corrected chi connectivity index (χ1v) is 8.31. The molecule has 0 atom stereocenters. The van der Waals surface area contributed by atoms with Gasteiger partial charge in [-0.2, -0.15) is 0 Å². The molecule has 0 aliphatic heterocycles. The van der Waals surface area contributed by atoms with Crippen LogP contribution in [0.25, 0.3) is 0 Å². The number of methoxy groups -OCH3 is 1. The van der Waals surface area contributed by atoms with Crippen LogP contribution >= 0.6 is 0 Å². The molecule has 0 heterocycles. The monoisotopic (exact) mass is 311 g/mol. The Kier molecular flexibility index (Phi) is 6.53. The van der Waals surface area contributed by atoms with Gasteiger partial charge < -0.3 is 9.84 Å². The highest BCUT2D eigenvalue weighted by molar-refractivity contribution is 7.92. The van der Waals surface area contributed by atoms with Crippen molar-refractivity contribution in [2.24, 2.45) is 5.92 Å². The molecular weight excluding hydrogens is 290 g/mol. The number of sulfonamides is 1. The Morgan fingerprint density at radius 1 is 1.38 bits per heavy atom. The standard InChI is InChI=1S/C15H21NO4S/c1-12(2)11-21(18,19)16-14-10-13(6-4-5-9-17)7-8-15(14)20-3/h7-8,10,12,16-17H,5,9,11H2,1-3H3. The van der Waals surface area contributed by atoms with Crippen molar-refractivity contribution in [3.05, 3.63) is 23.8 Å². The minimum atomic E-state index is -3.43. The molecule has 0 spiro atoms. The van der Waals surface area contributed by atoms with Gasteiger partial charge in [0.25, 0.3) is 0 Å². The Hall–Kier alpha value is -1.71. The van der Waals surface area contributed by atoms with Crippen LogP contribution in [0.1, 0.15) is 25.8 Å². The minimum absolute atomic E-state index is 0.00295. The molecule has 0 fully saturated rings. The number of aliphatic hydroxyl groups excluding tert-OH is 1. The van der Waals surface area contributed by atoms with E-state index in [0.717, 1.165) is 0 Å². The number of hydrogen-bond donors (Lipinski definition) is 2. The van der Waals surface area contributed by atoms with Gasteiger partial charge in [0, 0.05) is 12.0 Å². The fourth-order valence-electron chi connectivity index (χ4n) is 1.73. The summed E-state index contributed by atoms with van der Waals surface area (Å²) >= 11 is 0. The van der Waals surface area contributed by atoms with Gasteiger partial charge in [-0.05, 0) is 24.1 Å². The molecule has 1 aromatic carbocycles. The van der Waals surface area contributed by atoms with Crippen LogP contribution in [0, 0.1) is 17.8 Å². The van der Waals surface area contributed by atoms with E-state index in [-0.39, 0.29) is 18.3 Å². The van der Waals surface area contributed by atoms with Gasteiger partial charge in [-0.15, -0.1) is 0 Å². The molecule has 0 radical (unpaired) electrons. The molecule has 0 unspecified atom stereocenters. The Bertz CT molecular complexity index is 627. The smallest absolute Gasteiger partial charge is 0.233 e. The summed E-state index contributed by atoms with van der Waals surface area (Å²) in [6, 6.07) is 5.03. The molecule has 5 nitrogen and oxygen atoms in total. The average Bonchev–Trinajstić information content (AvgIpc) is 2.37. The van der Waals surface area contributed by atoms with Crippen molar-refractivity contribution >= 4 is 15.7 Å². The number of nitrogens with one attached hydrogen (secondary N) is 1. The largest absolute Gasteiger partial charge is 0.495 e. The molecule has 21 heavy (non-hydrogen) atoms. The van der Waals surface area contributed by atoms with Crippen molar-refractivity contribution in [2.75, 3.05) is 24.2 Å². The Morgan fingerprint density at radius 3 is 2.67 bits per heavy atom. The van der Waals surface area contributed by atoms with E-state index < -0.39 is 10.0 Å².